The van der Waals surface area contributed by atoms with E-state index in [0.717, 1.165) is 28.9 Å². The molecule has 0 heterocycles. The molecule has 0 radical (unpaired) electrons. The predicted octanol–water partition coefficient (Wildman–Crippen LogP) is 5.06. The molecular formula is C18H14Cl2O2. The molecule has 1 aliphatic carbocycles. The van der Waals surface area contributed by atoms with Gasteiger partial charge >= 0.3 is 0 Å². The third-order valence-corrected chi connectivity index (χ3v) is 4.35. The second-order valence-corrected chi connectivity index (χ2v) is 6.01. The summed E-state index contributed by atoms with van der Waals surface area (Å²) in [6, 6.07) is 11.1. The summed E-state index contributed by atoms with van der Waals surface area (Å²) < 4.78 is 5.27. The summed E-state index contributed by atoms with van der Waals surface area (Å²) in [6.45, 7) is 0. The van der Waals surface area contributed by atoms with Crippen molar-refractivity contribution < 1.29 is 9.53 Å². The van der Waals surface area contributed by atoms with Gasteiger partial charge in [-0.1, -0.05) is 35.3 Å². The summed E-state index contributed by atoms with van der Waals surface area (Å²) in [6.07, 6.45) is 3.10. The van der Waals surface area contributed by atoms with E-state index in [1.165, 1.54) is 0 Å². The van der Waals surface area contributed by atoms with Crippen LogP contribution in [0.3, 0.4) is 0 Å². The molecule has 0 atom stereocenters. The minimum absolute atomic E-state index is 0.117. The summed E-state index contributed by atoms with van der Waals surface area (Å²) in [5, 5.41) is 1.10. The molecule has 0 aliphatic heterocycles. The summed E-state index contributed by atoms with van der Waals surface area (Å²) in [5.41, 5.74) is 3.52. The Hall–Kier alpha value is -1.77. The fourth-order valence-electron chi connectivity index (χ4n) is 2.62. The standard InChI is InChI=1S/C18H14Cl2O2/c1-22-14-6-3-11-4-7-18(21)16(15(11)10-14)8-12-2-5-13(19)9-17(12)20/h2-3,5-6,8-10H,4,7H2,1H3/b16-8+. The molecule has 0 spiro atoms. The maximum atomic E-state index is 12.4. The Bertz CT molecular complexity index is 779. The van der Waals surface area contributed by atoms with Crippen LogP contribution in [0.25, 0.3) is 11.6 Å². The van der Waals surface area contributed by atoms with Crippen molar-refractivity contribution in [2.24, 2.45) is 0 Å². The summed E-state index contributed by atoms with van der Waals surface area (Å²) in [7, 11) is 1.62. The third kappa shape index (κ3) is 2.90. The lowest BCUT2D eigenvalue weighted by Crippen LogP contribution is -2.12. The molecule has 0 amide bonds. The molecule has 2 aromatic rings. The van der Waals surface area contributed by atoms with Gasteiger partial charge in [0, 0.05) is 22.0 Å². The van der Waals surface area contributed by atoms with Crippen molar-refractivity contribution in [3.8, 4) is 5.75 Å². The van der Waals surface area contributed by atoms with Crippen molar-refractivity contribution in [3.63, 3.8) is 0 Å². The number of hydrogen-bond acceptors (Lipinski definition) is 2. The lowest BCUT2D eigenvalue weighted by atomic mass is 9.85. The monoisotopic (exact) mass is 332 g/mol. The molecule has 3 rings (SSSR count). The van der Waals surface area contributed by atoms with Gasteiger partial charge < -0.3 is 4.74 Å². The molecule has 0 bridgehead atoms. The lowest BCUT2D eigenvalue weighted by Gasteiger charge is -2.19. The van der Waals surface area contributed by atoms with Crippen LogP contribution < -0.4 is 4.74 Å². The SMILES string of the molecule is COc1ccc2c(c1)/C(=C\c1ccc(Cl)cc1Cl)C(=O)CC2. The number of halogens is 2. The topological polar surface area (TPSA) is 26.3 Å². The number of rotatable bonds is 2. The van der Waals surface area contributed by atoms with Gasteiger partial charge in [0.05, 0.1) is 7.11 Å². The Balaban J connectivity index is 2.14. The summed E-state index contributed by atoms with van der Waals surface area (Å²) in [5.74, 6) is 0.855. The molecule has 2 nitrogen and oxygen atoms in total. The number of allylic oxidation sites excluding steroid dienone is 1. The van der Waals surface area contributed by atoms with Gasteiger partial charge in [0.15, 0.2) is 5.78 Å². The number of Topliss-reactive ketones (excluding diaryl/α,β-unsaturated/α-hetero) is 1. The van der Waals surface area contributed by atoms with Crippen molar-refractivity contribution in [3.05, 3.63) is 63.1 Å². The highest BCUT2D eigenvalue weighted by atomic mass is 35.5. The number of fused-ring (bicyclic) bond motifs is 1. The van der Waals surface area contributed by atoms with Crippen molar-refractivity contribution in [1.29, 1.82) is 0 Å². The van der Waals surface area contributed by atoms with Crippen molar-refractivity contribution in [2.45, 2.75) is 12.8 Å². The van der Waals surface area contributed by atoms with Gasteiger partial charge in [0.25, 0.3) is 0 Å². The van der Waals surface area contributed by atoms with E-state index < -0.39 is 0 Å². The van der Waals surface area contributed by atoms with Gasteiger partial charge in [-0.05, 0) is 53.5 Å². The van der Waals surface area contributed by atoms with Crippen LogP contribution in [0.15, 0.2) is 36.4 Å². The Morgan fingerprint density at radius 2 is 1.91 bits per heavy atom. The minimum Gasteiger partial charge on any atom is -0.497 e. The van der Waals surface area contributed by atoms with Crippen LogP contribution >= 0.6 is 23.2 Å². The molecule has 2 aromatic carbocycles. The molecule has 1 aliphatic rings. The highest BCUT2D eigenvalue weighted by molar-refractivity contribution is 6.36. The maximum Gasteiger partial charge on any atom is 0.163 e. The van der Waals surface area contributed by atoms with Crippen LogP contribution in [0.4, 0.5) is 0 Å². The van der Waals surface area contributed by atoms with E-state index in [9.17, 15) is 4.79 Å². The number of aryl methyl sites for hydroxylation is 1. The van der Waals surface area contributed by atoms with Gasteiger partial charge in [-0.2, -0.15) is 0 Å². The Morgan fingerprint density at radius 3 is 2.64 bits per heavy atom. The molecule has 0 aromatic heterocycles. The van der Waals surface area contributed by atoms with Gasteiger partial charge in [-0.3, -0.25) is 4.79 Å². The zero-order valence-electron chi connectivity index (χ0n) is 12.0. The van der Waals surface area contributed by atoms with Gasteiger partial charge in [-0.25, -0.2) is 0 Å². The van der Waals surface area contributed by atoms with E-state index >= 15 is 0 Å². The quantitative estimate of drug-likeness (QED) is 0.718. The first kappa shape index (κ1) is 15.1. The van der Waals surface area contributed by atoms with E-state index in [-0.39, 0.29) is 5.78 Å². The minimum atomic E-state index is 0.117. The molecule has 0 unspecified atom stereocenters. The fourth-order valence-corrected chi connectivity index (χ4v) is 3.08. The zero-order chi connectivity index (χ0) is 15.7. The predicted molar refractivity (Wildman–Crippen MR) is 90.7 cm³/mol. The van der Waals surface area contributed by atoms with Crippen molar-refractivity contribution in [2.75, 3.05) is 7.11 Å². The highest BCUT2D eigenvalue weighted by Gasteiger charge is 2.22. The molecule has 0 fully saturated rings. The number of hydrogen-bond donors (Lipinski definition) is 0. The number of methoxy groups -OCH3 is 1. The molecule has 0 N–H and O–H groups in total. The molecule has 0 saturated heterocycles. The van der Waals surface area contributed by atoms with E-state index in [0.29, 0.717) is 22.0 Å². The van der Waals surface area contributed by atoms with Crippen molar-refractivity contribution in [1.82, 2.24) is 0 Å². The lowest BCUT2D eigenvalue weighted by molar-refractivity contribution is -0.113. The fraction of sp³-hybridized carbons (Fsp3) is 0.167. The molecule has 0 saturated carbocycles. The Kier molecular flexibility index (Phi) is 4.23. The average molecular weight is 333 g/mol. The number of carbonyl (C=O) groups excluding carboxylic acids is 1. The van der Waals surface area contributed by atoms with Crippen LogP contribution in [0.5, 0.6) is 5.75 Å². The van der Waals surface area contributed by atoms with Crippen LogP contribution in [0, 0.1) is 0 Å². The molecular weight excluding hydrogens is 319 g/mol. The zero-order valence-corrected chi connectivity index (χ0v) is 13.5. The largest absolute Gasteiger partial charge is 0.497 e. The first-order chi connectivity index (χ1) is 10.6. The van der Waals surface area contributed by atoms with Gasteiger partial charge in [0.1, 0.15) is 5.75 Å². The van der Waals surface area contributed by atoms with Gasteiger partial charge in [0.2, 0.25) is 0 Å². The number of ether oxygens (including phenoxy) is 1. The average Bonchev–Trinajstić information content (AvgIpc) is 2.51. The second-order valence-electron chi connectivity index (χ2n) is 5.17. The van der Waals surface area contributed by atoms with Crippen LogP contribution in [-0.2, 0) is 11.2 Å². The maximum absolute atomic E-state index is 12.4. The van der Waals surface area contributed by atoms with E-state index in [1.807, 2.05) is 30.3 Å². The first-order valence-electron chi connectivity index (χ1n) is 6.95. The third-order valence-electron chi connectivity index (χ3n) is 3.79. The number of ketones is 1. The number of carbonyl (C=O) groups is 1. The summed E-state index contributed by atoms with van der Waals surface area (Å²) >= 11 is 12.1. The van der Waals surface area contributed by atoms with Crippen LogP contribution in [0.1, 0.15) is 23.1 Å². The van der Waals surface area contributed by atoms with Crippen LogP contribution in [0.2, 0.25) is 10.0 Å². The Labute approximate surface area is 139 Å². The number of benzene rings is 2. The van der Waals surface area contributed by atoms with E-state index in [4.69, 9.17) is 27.9 Å². The molecule has 22 heavy (non-hydrogen) atoms. The van der Waals surface area contributed by atoms with Gasteiger partial charge in [-0.15, -0.1) is 0 Å². The normalized spacial score (nSPS) is 15.8. The Morgan fingerprint density at radius 1 is 1.09 bits per heavy atom. The molecule has 112 valence electrons. The van der Waals surface area contributed by atoms with E-state index in [2.05, 4.69) is 0 Å². The first-order valence-corrected chi connectivity index (χ1v) is 7.71. The summed E-state index contributed by atoms with van der Waals surface area (Å²) in [4.78, 5) is 12.4. The van der Waals surface area contributed by atoms with Crippen molar-refractivity contribution >= 4 is 40.6 Å². The van der Waals surface area contributed by atoms with Crippen LogP contribution in [-0.4, -0.2) is 12.9 Å². The smallest absolute Gasteiger partial charge is 0.163 e. The molecule has 4 heteroatoms. The second kappa shape index (κ2) is 6.15. The van der Waals surface area contributed by atoms with E-state index in [1.54, 1.807) is 19.2 Å². The highest BCUT2D eigenvalue weighted by Crippen LogP contribution is 2.34.